The second-order valence-electron chi connectivity index (χ2n) is 4.50. The number of hydrogen-bond donors (Lipinski definition) is 0. The molecule has 0 saturated carbocycles. The van der Waals surface area contributed by atoms with E-state index < -0.39 is 47.0 Å². The molecule has 11 heteroatoms. The van der Waals surface area contributed by atoms with Crippen molar-refractivity contribution in [3.63, 3.8) is 0 Å². The Labute approximate surface area is 143 Å². The van der Waals surface area contributed by atoms with E-state index in [9.17, 15) is 35.1 Å². The average Bonchev–Trinajstić information content (AvgIpc) is 2.38. The standard InChI is InChI=1S/C14H5BrF8O2/c15-6-3-9(17)12(10(18)4-6)13(19,20)24-7-1-2-11(8(16)5-7)25-14(21,22)23/h1-5H. The van der Waals surface area contributed by atoms with Gasteiger partial charge in [0, 0.05) is 10.5 Å². The third-order valence-corrected chi connectivity index (χ3v) is 3.13. The summed E-state index contributed by atoms with van der Waals surface area (Å²) < 4.78 is 112. The van der Waals surface area contributed by atoms with Crippen LogP contribution >= 0.6 is 15.9 Å². The third-order valence-electron chi connectivity index (χ3n) is 2.67. The summed E-state index contributed by atoms with van der Waals surface area (Å²) >= 11 is 2.70. The average molecular weight is 437 g/mol. The first-order valence-electron chi connectivity index (χ1n) is 6.16. The highest BCUT2D eigenvalue weighted by atomic mass is 79.9. The van der Waals surface area contributed by atoms with Crippen molar-refractivity contribution < 1.29 is 44.6 Å². The highest BCUT2D eigenvalue weighted by molar-refractivity contribution is 9.10. The minimum atomic E-state index is -5.20. The minimum Gasteiger partial charge on any atom is -0.429 e. The largest absolute Gasteiger partial charge is 0.573 e. The quantitative estimate of drug-likeness (QED) is 0.556. The summed E-state index contributed by atoms with van der Waals surface area (Å²) in [4.78, 5) is 0. The number of benzene rings is 2. The van der Waals surface area contributed by atoms with Gasteiger partial charge in [0.2, 0.25) is 0 Å². The van der Waals surface area contributed by atoms with Crippen LogP contribution in [-0.4, -0.2) is 6.36 Å². The molecule has 0 N–H and O–H groups in total. The molecule has 0 heterocycles. The molecule has 0 aliphatic carbocycles. The molecule has 0 atom stereocenters. The second kappa shape index (κ2) is 6.70. The van der Waals surface area contributed by atoms with Crippen molar-refractivity contribution in [2.45, 2.75) is 12.5 Å². The van der Waals surface area contributed by atoms with E-state index in [1.54, 1.807) is 0 Å². The van der Waals surface area contributed by atoms with E-state index >= 15 is 0 Å². The maximum Gasteiger partial charge on any atom is 0.573 e. The van der Waals surface area contributed by atoms with Crippen molar-refractivity contribution >= 4 is 15.9 Å². The smallest absolute Gasteiger partial charge is 0.429 e. The van der Waals surface area contributed by atoms with Gasteiger partial charge in [-0.15, -0.1) is 13.2 Å². The van der Waals surface area contributed by atoms with Gasteiger partial charge < -0.3 is 9.47 Å². The van der Waals surface area contributed by atoms with Crippen molar-refractivity contribution in [1.29, 1.82) is 0 Å². The number of rotatable bonds is 4. The fraction of sp³-hybridized carbons (Fsp3) is 0.143. The first kappa shape index (κ1) is 19.3. The molecule has 2 aromatic rings. The van der Waals surface area contributed by atoms with E-state index in [0.717, 1.165) is 0 Å². The van der Waals surface area contributed by atoms with Crippen LogP contribution in [0.1, 0.15) is 5.56 Å². The molecule has 0 radical (unpaired) electrons. The molecule has 0 fully saturated rings. The lowest BCUT2D eigenvalue weighted by molar-refractivity contribution is -0.275. The topological polar surface area (TPSA) is 18.5 Å². The lowest BCUT2D eigenvalue weighted by Crippen LogP contribution is -2.25. The monoisotopic (exact) mass is 436 g/mol. The third kappa shape index (κ3) is 4.74. The zero-order chi connectivity index (χ0) is 19.0. The molecular formula is C14H5BrF8O2. The highest BCUT2D eigenvalue weighted by Crippen LogP contribution is 2.37. The Morgan fingerprint density at radius 1 is 0.760 bits per heavy atom. The fourth-order valence-corrected chi connectivity index (χ4v) is 2.17. The van der Waals surface area contributed by atoms with E-state index in [0.29, 0.717) is 24.3 Å². The SMILES string of the molecule is Fc1cc(OC(F)(F)c2c(F)cc(Br)cc2F)ccc1OC(F)(F)F. The van der Waals surface area contributed by atoms with E-state index in [-0.39, 0.29) is 10.5 Å². The Hall–Kier alpha value is -2.04. The van der Waals surface area contributed by atoms with Crippen molar-refractivity contribution in [1.82, 2.24) is 0 Å². The Kier molecular flexibility index (Phi) is 5.17. The summed E-state index contributed by atoms with van der Waals surface area (Å²) in [5.74, 6) is -7.21. The lowest BCUT2D eigenvalue weighted by atomic mass is 10.2. The normalized spacial score (nSPS) is 12.2. The number of halogens is 9. The van der Waals surface area contributed by atoms with Crippen LogP contribution < -0.4 is 9.47 Å². The molecule has 0 spiro atoms. The van der Waals surface area contributed by atoms with Crippen LogP contribution in [0.3, 0.4) is 0 Å². The predicted molar refractivity (Wildman–Crippen MR) is 71.7 cm³/mol. The van der Waals surface area contributed by atoms with Gasteiger partial charge in [0.05, 0.1) is 0 Å². The molecule has 2 nitrogen and oxygen atoms in total. The van der Waals surface area contributed by atoms with Gasteiger partial charge in [-0.2, -0.15) is 8.78 Å². The summed E-state index contributed by atoms with van der Waals surface area (Å²) in [7, 11) is 0. The van der Waals surface area contributed by atoms with Gasteiger partial charge in [-0.05, 0) is 24.3 Å². The van der Waals surface area contributed by atoms with Gasteiger partial charge >= 0.3 is 12.5 Å². The molecule has 0 bridgehead atoms. The molecule has 2 aromatic carbocycles. The van der Waals surface area contributed by atoms with Crippen LogP contribution in [0.4, 0.5) is 35.1 Å². The summed E-state index contributed by atoms with van der Waals surface area (Å²) in [6.07, 6.45) is -9.76. The second-order valence-corrected chi connectivity index (χ2v) is 5.42. The maximum atomic E-state index is 13.9. The molecule has 0 unspecified atom stereocenters. The summed E-state index contributed by atoms with van der Waals surface area (Å²) in [6.45, 7) is 0. The van der Waals surface area contributed by atoms with Crippen LogP contribution in [0, 0.1) is 17.5 Å². The van der Waals surface area contributed by atoms with Crippen LogP contribution in [0.15, 0.2) is 34.8 Å². The van der Waals surface area contributed by atoms with Crippen LogP contribution in [0.5, 0.6) is 11.5 Å². The van der Waals surface area contributed by atoms with Crippen molar-refractivity contribution in [2.24, 2.45) is 0 Å². The van der Waals surface area contributed by atoms with Crippen LogP contribution in [0.2, 0.25) is 0 Å². The summed E-state index contributed by atoms with van der Waals surface area (Å²) in [5.41, 5.74) is -1.74. The van der Waals surface area contributed by atoms with Gasteiger partial charge in [-0.1, -0.05) is 15.9 Å². The van der Waals surface area contributed by atoms with E-state index in [4.69, 9.17) is 0 Å². The Balaban J connectivity index is 2.31. The Morgan fingerprint density at radius 3 is 1.80 bits per heavy atom. The van der Waals surface area contributed by atoms with Gasteiger partial charge in [0.1, 0.15) is 22.9 Å². The molecule has 25 heavy (non-hydrogen) atoms. The van der Waals surface area contributed by atoms with Crippen molar-refractivity contribution in [3.05, 3.63) is 57.8 Å². The summed E-state index contributed by atoms with van der Waals surface area (Å²) in [6, 6.07) is 2.16. The molecule has 0 saturated heterocycles. The summed E-state index contributed by atoms with van der Waals surface area (Å²) in [5, 5.41) is 0. The number of alkyl halides is 5. The van der Waals surface area contributed by atoms with Crippen molar-refractivity contribution in [3.8, 4) is 11.5 Å². The molecule has 0 aromatic heterocycles. The van der Waals surface area contributed by atoms with Crippen LogP contribution in [-0.2, 0) is 6.11 Å². The minimum absolute atomic E-state index is 0.151. The fourth-order valence-electron chi connectivity index (χ4n) is 1.77. The molecule has 0 aliphatic heterocycles. The van der Waals surface area contributed by atoms with Gasteiger partial charge in [-0.3, -0.25) is 0 Å². The lowest BCUT2D eigenvalue weighted by Gasteiger charge is -2.20. The van der Waals surface area contributed by atoms with Gasteiger partial charge in [0.15, 0.2) is 11.6 Å². The maximum absolute atomic E-state index is 13.9. The molecule has 0 amide bonds. The molecule has 136 valence electrons. The van der Waals surface area contributed by atoms with E-state index in [1.165, 1.54) is 0 Å². The van der Waals surface area contributed by atoms with Gasteiger partial charge in [-0.25, -0.2) is 13.2 Å². The van der Waals surface area contributed by atoms with Crippen LogP contribution in [0.25, 0.3) is 0 Å². The number of ether oxygens (including phenoxy) is 2. The zero-order valence-electron chi connectivity index (χ0n) is 11.6. The first-order valence-corrected chi connectivity index (χ1v) is 6.95. The Morgan fingerprint density at radius 2 is 1.32 bits per heavy atom. The van der Waals surface area contributed by atoms with Crippen molar-refractivity contribution in [2.75, 3.05) is 0 Å². The molecule has 0 aliphatic rings. The highest BCUT2D eigenvalue weighted by Gasteiger charge is 2.41. The number of hydrogen-bond acceptors (Lipinski definition) is 2. The van der Waals surface area contributed by atoms with E-state index in [1.807, 2.05) is 0 Å². The Bertz CT molecular complexity index is 768. The zero-order valence-corrected chi connectivity index (χ0v) is 13.2. The first-order chi connectivity index (χ1) is 11.4. The predicted octanol–water partition coefficient (Wildman–Crippen LogP) is 5.89. The van der Waals surface area contributed by atoms with E-state index in [2.05, 4.69) is 25.4 Å². The van der Waals surface area contributed by atoms with Gasteiger partial charge in [0.25, 0.3) is 0 Å². The molecular weight excluding hydrogens is 432 g/mol. The molecule has 2 rings (SSSR count).